The molecule has 1 saturated heterocycles. The van der Waals surface area contributed by atoms with Crippen LogP contribution >= 0.6 is 0 Å². The maximum Gasteiger partial charge on any atom is 0.234 e. The van der Waals surface area contributed by atoms with Crippen LogP contribution in [0.4, 0.5) is 0 Å². The molecule has 2 fully saturated rings. The van der Waals surface area contributed by atoms with E-state index in [0.29, 0.717) is 0 Å². The number of fused-ring (bicyclic) bond motifs is 1. The summed E-state index contributed by atoms with van der Waals surface area (Å²) >= 11 is 0. The van der Waals surface area contributed by atoms with Gasteiger partial charge in [-0.15, -0.1) is 0 Å². The van der Waals surface area contributed by atoms with E-state index in [1.165, 1.54) is 11.2 Å². The van der Waals surface area contributed by atoms with Gasteiger partial charge >= 0.3 is 0 Å². The van der Waals surface area contributed by atoms with Crippen LogP contribution in [-0.2, 0) is 16.1 Å². The summed E-state index contributed by atoms with van der Waals surface area (Å²) in [6.07, 6.45) is 7.81. The zero-order valence-electron chi connectivity index (χ0n) is 11.9. The fourth-order valence-electron chi connectivity index (χ4n) is 4.05. The van der Waals surface area contributed by atoms with E-state index in [4.69, 9.17) is 0 Å². The molecule has 5 nitrogen and oxygen atoms in total. The highest BCUT2D eigenvalue weighted by molar-refractivity contribution is 6.05. The number of allylic oxidation sites excluding steroid dienone is 2. The lowest BCUT2D eigenvalue weighted by molar-refractivity contribution is -0.140. The van der Waals surface area contributed by atoms with Crippen molar-refractivity contribution in [3.63, 3.8) is 0 Å². The molecule has 3 aliphatic carbocycles. The Morgan fingerprint density at radius 3 is 2.24 bits per heavy atom. The van der Waals surface area contributed by atoms with Gasteiger partial charge in [0, 0.05) is 5.69 Å². The predicted octanol–water partition coefficient (Wildman–Crippen LogP) is 1.48. The van der Waals surface area contributed by atoms with Crippen molar-refractivity contribution < 1.29 is 9.59 Å². The molecule has 1 aromatic heterocycles. The third-order valence-electron chi connectivity index (χ3n) is 5.03. The predicted molar refractivity (Wildman–Crippen MR) is 74.7 cm³/mol. The number of hydrogen-bond donors (Lipinski definition) is 0. The number of carbonyl (C=O) groups excluding carboxylic acids is 2. The van der Waals surface area contributed by atoms with Crippen molar-refractivity contribution in [2.45, 2.75) is 26.3 Å². The second-order valence-corrected chi connectivity index (χ2v) is 6.25. The van der Waals surface area contributed by atoms with Gasteiger partial charge in [0.15, 0.2) is 0 Å². The molecule has 5 heteroatoms. The molecule has 0 N–H and O–H groups in total. The Morgan fingerprint density at radius 1 is 1.10 bits per heavy atom. The van der Waals surface area contributed by atoms with E-state index >= 15 is 0 Å². The Labute approximate surface area is 123 Å². The molecule has 108 valence electrons. The third kappa shape index (κ3) is 1.83. The highest BCUT2D eigenvalue weighted by atomic mass is 16.2. The summed E-state index contributed by atoms with van der Waals surface area (Å²) in [6.45, 7) is 2.15. The Kier molecular flexibility index (Phi) is 2.71. The molecular formula is C16H17N3O2. The molecule has 2 bridgehead atoms. The molecule has 21 heavy (non-hydrogen) atoms. The van der Waals surface area contributed by atoms with E-state index in [0.717, 1.165) is 24.2 Å². The van der Waals surface area contributed by atoms with Gasteiger partial charge in [0.2, 0.25) is 11.8 Å². The van der Waals surface area contributed by atoms with E-state index < -0.39 is 0 Å². The van der Waals surface area contributed by atoms with Gasteiger partial charge in [-0.3, -0.25) is 14.5 Å². The second-order valence-electron chi connectivity index (χ2n) is 6.25. The van der Waals surface area contributed by atoms with Crippen molar-refractivity contribution in [2.75, 3.05) is 0 Å². The van der Waals surface area contributed by atoms with Crippen LogP contribution in [0.2, 0.25) is 0 Å². The Balaban J connectivity index is 1.63. The van der Waals surface area contributed by atoms with E-state index in [2.05, 4.69) is 22.1 Å². The molecule has 2 amide bonds. The van der Waals surface area contributed by atoms with Gasteiger partial charge in [-0.2, -0.15) is 0 Å². The van der Waals surface area contributed by atoms with Crippen LogP contribution in [0, 0.1) is 30.6 Å². The maximum atomic E-state index is 12.7. The first-order valence-corrected chi connectivity index (χ1v) is 7.46. The number of amides is 2. The molecule has 0 radical (unpaired) electrons. The van der Waals surface area contributed by atoms with E-state index in [-0.39, 0.29) is 42.0 Å². The fraction of sp³-hybridized carbons (Fsp3) is 0.500. The van der Waals surface area contributed by atoms with Crippen LogP contribution in [0.25, 0.3) is 0 Å². The minimum absolute atomic E-state index is 0.0136. The molecule has 4 aliphatic rings. The Hall–Kier alpha value is -2.04. The molecule has 0 aromatic carbocycles. The lowest BCUT2D eigenvalue weighted by Crippen LogP contribution is -2.38. The Bertz CT molecular complexity index is 623. The molecule has 2 heterocycles. The summed E-state index contributed by atoms with van der Waals surface area (Å²) in [5.41, 5.74) is 1.57. The van der Waals surface area contributed by atoms with Crippen molar-refractivity contribution in [2.24, 2.45) is 23.7 Å². The molecule has 1 aliphatic heterocycles. The maximum absolute atomic E-state index is 12.7. The van der Waals surface area contributed by atoms with Gasteiger partial charge in [-0.25, -0.2) is 9.97 Å². The average molecular weight is 283 g/mol. The quantitative estimate of drug-likeness (QED) is 0.609. The van der Waals surface area contributed by atoms with Crippen molar-refractivity contribution in [3.8, 4) is 0 Å². The molecule has 5 rings (SSSR count). The molecule has 0 spiro atoms. The minimum atomic E-state index is -0.135. The third-order valence-corrected chi connectivity index (χ3v) is 5.03. The number of likely N-dealkylation sites (tertiary alicyclic amines) is 1. The van der Waals surface area contributed by atoms with E-state index in [1.807, 2.05) is 13.0 Å². The number of aromatic nitrogens is 2. The SMILES string of the molecule is Cc1cc(CN2C(=O)C3C4C=CC(CC4)C3C2=O)ncn1. The van der Waals surface area contributed by atoms with Crippen molar-refractivity contribution in [1.29, 1.82) is 0 Å². The number of carbonyl (C=O) groups is 2. The van der Waals surface area contributed by atoms with Gasteiger partial charge < -0.3 is 0 Å². The van der Waals surface area contributed by atoms with Crippen LogP contribution < -0.4 is 0 Å². The monoisotopic (exact) mass is 283 g/mol. The molecule has 4 atom stereocenters. The average Bonchev–Trinajstić information content (AvgIpc) is 2.76. The van der Waals surface area contributed by atoms with Gasteiger partial charge in [0.1, 0.15) is 6.33 Å². The second kappa shape index (κ2) is 4.48. The highest BCUT2D eigenvalue weighted by Crippen LogP contribution is 2.49. The lowest BCUT2D eigenvalue weighted by Gasteiger charge is -2.38. The lowest BCUT2D eigenvalue weighted by atomic mass is 9.63. The highest BCUT2D eigenvalue weighted by Gasteiger charge is 2.56. The van der Waals surface area contributed by atoms with Crippen LogP contribution in [0.1, 0.15) is 24.2 Å². The standard InChI is InChI=1S/C16H17N3O2/c1-9-6-12(18-8-17-9)7-19-15(20)13-10-2-3-11(5-4-10)14(13)16(19)21/h2-3,6,8,10-11,13-14H,4-5,7H2,1H3. The summed E-state index contributed by atoms with van der Waals surface area (Å²) in [5, 5.41) is 0. The number of imide groups is 1. The summed E-state index contributed by atoms with van der Waals surface area (Å²) in [4.78, 5) is 34.9. The van der Waals surface area contributed by atoms with Crippen molar-refractivity contribution in [3.05, 3.63) is 35.9 Å². The van der Waals surface area contributed by atoms with Gasteiger partial charge in [0.05, 0.1) is 24.1 Å². The summed E-state index contributed by atoms with van der Waals surface area (Å²) < 4.78 is 0. The van der Waals surface area contributed by atoms with Crippen LogP contribution in [0.3, 0.4) is 0 Å². The molecule has 1 aromatic rings. The summed E-state index contributed by atoms with van der Waals surface area (Å²) in [5.74, 6) is 0.191. The Morgan fingerprint density at radius 2 is 1.71 bits per heavy atom. The van der Waals surface area contributed by atoms with Crippen molar-refractivity contribution in [1.82, 2.24) is 14.9 Å². The van der Waals surface area contributed by atoms with Gasteiger partial charge in [-0.05, 0) is 37.7 Å². The zero-order valence-corrected chi connectivity index (χ0v) is 11.9. The smallest absolute Gasteiger partial charge is 0.234 e. The summed E-state index contributed by atoms with van der Waals surface area (Å²) in [7, 11) is 0. The molecule has 1 saturated carbocycles. The molecular weight excluding hydrogens is 266 g/mol. The normalized spacial score (nSPS) is 33.7. The first-order valence-electron chi connectivity index (χ1n) is 7.46. The van der Waals surface area contributed by atoms with Gasteiger partial charge in [-0.1, -0.05) is 12.2 Å². The zero-order chi connectivity index (χ0) is 14.6. The first kappa shape index (κ1) is 12.7. The largest absolute Gasteiger partial charge is 0.276 e. The number of nitrogens with zero attached hydrogens (tertiary/aromatic N) is 3. The van der Waals surface area contributed by atoms with Crippen molar-refractivity contribution >= 4 is 11.8 Å². The topological polar surface area (TPSA) is 63.2 Å². The van der Waals surface area contributed by atoms with E-state index in [1.54, 1.807) is 0 Å². The minimum Gasteiger partial charge on any atom is -0.276 e. The number of rotatable bonds is 2. The summed E-state index contributed by atoms with van der Waals surface area (Å²) in [6, 6.07) is 1.83. The van der Waals surface area contributed by atoms with Crippen LogP contribution in [-0.4, -0.2) is 26.7 Å². The molecule has 4 unspecified atom stereocenters. The number of hydrogen-bond acceptors (Lipinski definition) is 4. The van der Waals surface area contributed by atoms with E-state index in [9.17, 15) is 9.59 Å². The van der Waals surface area contributed by atoms with Crippen LogP contribution in [0.15, 0.2) is 24.5 Å². The fourth-order valence-corrected chi connectivity index (χ4v) is 4.05. The number of aryl methyl sites for hydroxylation is 1. The van der Waals surface area contributed by atoms with Gasteiger partial charge in [0.25, 0.3) is 0 Å². The van der Waals surface area contributed by atoms with Crippen LogP contribution in [0.5, 0.6) is 0 Å². The first-order chi connectivity index (χ1) is 10.1.